The molecular formula is C25H22N2O2. The average Bonchev–Trinajstić information content (AvgIpc) is 2.74. The summed E-state index contributed by atoms with van der Waals surface area (Å²) in [5, 5.41) is 12.3. The number of ether oxygens (including phenoxy) is 1. The number of anilines is 1. The number of hydrogen-bond donors (Lipinski definition) is 1. The highest BCUT2D eigenvalue weighted by molar-refractivity contribution is 6.10. The molecule has 0 atom stereocenters. The number of rotatable bonds is 6. The predicted molar refractivity (Wildman–Crippen MR) is 115 cm³/mol. The molecule has 144 valence electrons. The Kier molecular flexibility index (Phi) is 6.44. The van der Waals surface area contributed by atoms with Gasteiger partial charge >= 0.3 is 0 Å². The molecule has 29 heavy (non-hydrogen) atoms. The lowest BCUT2D eigenvalue weighted by atomic mass is 10.1. The van der Waals surface area contributed by atoms with E-state index in [1.54, 1.807) is 6.08 Å². The number of nitrogens with one attached hydrogen (secondary N) is 1. The summed E-state index contributed by atoms with van der Waals surface area (Å²) in [6.45, 7) is 4.32. The second-order valence-electron chi connectivity index (χ2n) is 6.75. The van der Waals surface area contributed by atoms with Gasteiger partial charge in [-0.25, -0.2) is 0 Å². The molecule has 4 nitrogen and oxygen atoms in total. The largest absolute Gasteiger partial charge is 0.488 e. The molecule has 0 bridgehead atoms. The highest BCUT2D eigenvalue weighted by Crippen LogP contribution is 2.23. The maximum Gasteiger partial charge on any atom is 0.266 e. The quantitative estimate of drug-likeness (QED) is 0.457. The molecule has 3 aromatic rings. The van der Waals surface area contributed by atoms with Crippen molar-refractivity contribution in [2.24, 2.45) is 0 Å². The minimum atomic E-state index is -0.447. The molecule has 3 rings (SSSR count). The van der Waals surface area contributed by atoms with Crippen LogP contribution in [0.25, 0.3) is 6.08 Å². The number of hydrogen-bond acceptors (Lipinski definition) is 3. The fourth-order valence-electron chi connectivity index (χ4n) is 2.91. The van der Waals surface area contributed by atoms with E-state index in [1.807, 2.05) is 92.7 Å². The first-order valence-corrected chi connectivity index (χ1v) is 9.33. The van der Waals surface area contributed by atoms with Crippen LogP contribution in [0.3, 0.4) is 0 Å². The van der Waals surface area contributed by atoms with Crippen LogP contribution in [0.5, 0.6) is 5.75 Å². The summed E-state index contributed by atoms with van der Waals surface area (Å²) in [6, 6.07) is 24.9. The average molecular weight is 382 g/mol. The lowest BCUT2D eigenvalue weighted by molar-refractivity contribution is -0.112. The molecule has 0 saturated carbocycles. The molecule has 3 aromatic carbocycles. The summed E-state index contributed by atoms with van der Waals surface area (Å²) >= 11 is 0. The van der Waals surface area contributed by atoms with Crippen LogP contribution in [-0.2, 0) is 11.4 Å². The molecule has 1 amide bonds. The highest BCUT2D eigenvalue weighted by atomic mass is 16.5. The van der Waals surface area contributed by atoms with Gasteiger partial charge in [0.05, 0.1) is 0 Å². The summed E-state index contributed by atoms with van der Waals surface area (Å²) in [4.78, 5) is 12.6. The van der Waals surface area contributed by atoms with Gasteiger partial charge in [0.2, 0.25) is 0 Å². The van der Waals surface area contributed by atoms with Crippen molar-refractivity contribution < 1.29 is 9.53 Å². The van der Waals surface area contributed by atoms with Crippen molar-refractivity contribution in [3.05, 3.63) is 101 Å². The molecule has 0 saturated heterocycles. The van der Waals surface area contributed by atoms with Gasteiger partial charge in [0, 0.05) is 11.3 Å². The van der Waals surface area contributed by atoms with Crippen LogP contribution in [0.1, 0.15) is 22.3 Å². The predicted octanol–water partition coefficient (Wildman–Crippen LogP) is 5.43. The second-order valence-corrected chi connectivity index (χ2v) is 6.75. The van der Waals surface area contributed by atoms with Gasteiger partial charge < -0.3 is 10.1 Å². The molecule has 0 radical (unpaired) electrons. The van der Waals surface area contributed by atoms with Gasteiger partial charge in [0.15, 0.2) is 0 Å². The van der Waals surface area contributed by atoms with Crippen molar-refractivity contribution >= 4 is 17.7 Å². The number of aryl methyl sites for hydroxylation is 2. The minimum absolute atomic E-state index is 0.0146. The molecule has 0 fully saturated rings. The fourth-order valence-corrected chi connectivity index (χ4v) is 2.91. The number of amides is 1. The number of nitriles is 1. The van der Waals surface area contributed by atoms with Gasteiger partial charge in [-0.1, -0.05) is 66.2 Å². The van der Waals surface area contributed by atoms with Gasteiger partial charge in [0.1, 0.15) is 24.0 Å². The van der Waals surface area contributed by atoms with E-state index in [4.69, 9.17) is 4.74 Å². The van der Waals surface area contributed by atoms with Crippen molar-refractivity contribution in [3.8, 4) is 11.8 Å². The van der Waals surface area contributed by atoms with Crippen molar-refractivity contribution in [2.75, 3.05) is 5.32 Å². The van der Waals surface area contributed by atoms with Gasteiger partial charge in [-0.05, 0) is 43.2 Å². The summed E-state index contributed by atoms with van der Waals surface area (Å²) in [5.41, 5.74) is 4.48. The molecule has 1 N–H and O–H groups in total. The Morgan fingerprint density at radius 3 is 2.48 bits per heavy atom. The molecule has 0 spiro atoms. The maximum absolute atomic E-state index is 12.6. The first-order chi connectivity index (χ1) is 14.1. The van der Waals surface area contributed by atoms with E-state index in [-0.39, 0.29) is 5.57 Å². The Bertz CT molecular complexity index is 1080. The standard InChI is InChI=1S/C25H22N2O2/c1-18-12-13-23(19(2)14-18)27-25(28)22(16-26)15-21-10-6-7-11-24(21)29-17-20-8-4-3-5-9-20/h3-15H,17H2,1-2H3,(H,27,28)/b22-15+. The minimum Gasteiger partial charge on any atom is -0.488 e. The summed E-state index contributed by atoms with van der Waals surface area (Å²) in [6.07, 6.45) is 1.55. The van der Waals surface area contributed by atoms with Crippen molar-refractivity contribution in [3.63, 3.8) is 0 Å². The van der Waals surface area contributed by atoms with Crippen LogP contribution in [-0.4, -0.2) is 5.91 Å². The molecule has 0 unspecified atom stereocenters. The first kappa shape index (κ1) is 19.9. The molecular weight excluding hydrogens is 360 g/mol. The van der Waals surface area contributed by atoms with E-state index in [9.17, 15) is 10.1 Å². The lowest BCUT2D eigenvalue weighted by Crippen LogP contribution is -2.14. The Balaban J connectivity index is 1.79. The third-order valence-corrected chi connectivity index (χ3v) is 4.45. The molecule has 0 aliphatic rings. The van der Waals surface area contributed by atoms with E-state index in [0.29, 0.717) is 23.6 Å². The third kappa shape index (κ3) is 5.33. The second kappa shape index (κ2) is 9.38. The Hall–Kier alpha value is -3.84. The zero-order valence-electron chi connectivity index (χ0n) is 16.5. The molecule has 4 heteroatoms. The van der Waals surface area contributed by atoms with Crippen LogP contribution < -0.4 is 10.1 Å². The normalized spacial score (nSPS) is 10.9. The van der Waals surface area contributed by atoms with E-state index in [2.05, 4.69) is 5.32 Å². The highest BCUT2D eigenvalue weighted by Gasteiger charge is 2.12. The summed E-state index contributed by atoms with van der Waals surface area (Å²) < 4.78 is 5.91. The Morgan fingerprint density at radius 1 is 1.03 bits per heavy atom. The summed E-state index contributed by atoms with van der Waals surface area (Å²) in [7, 11) is 0. The van der Waals surface area contributed by atoms with Crippen LogP contribution in [0, 0.1) is 25.2 Å². The van der Waals surface area contributed by atoms with E-state index >= 15 is 0 Å². The number of carbonyl (C=O) groups excluding carboxylic acids is 1. The zero-order chi connectivity index (χ0) is 20.6. The molecule has 0 aliphatic carbocycles. The van der Waals surface area contributed by atoms with Crippen LogP contribution in [0.2, 0.25) is 0 Å². The zero-order valence-corrected chi connectivity index (χ0v) is 16.5. The number of para-hydroxylation sites is 1. The van der Waals surface area contributed by atoms with Crippen molar-refractivity contribution in [1.29, 1.82) is 5.26 Å². The molecule has 0 aromatic heterocycles. The van der Waals surface area contributed by atoms with Crippen LogP contribution >= 0.6 is 0 Å². The van der Waals surface area contributed by atoms with Crippen LogP contribution in [0.15, 0.2) is 78.4 Å². The SMILES string of the molecule is Cc1ccc(NC(=O)/C(C#N)=C/c2ccccc2OCc2ccccc2)c(C)c1. The monoisotopic (exact) mass is 382 g/mol. The molecule has 0 aliphatic heterocycles. The Morgan fingerprint density at radius 2 is 1.76 bits per heavy atom. The first-order valence-electron chi connectivity index (χ1n) is 9.33. The third-order valence-electron chi connectivity index (χ3n) is 4.45. The lowest BCUT2D eigenvalue weighted by Gasteiger charge is -2.11. The Labute approximate surface area is 171 Å². The smallest absolute Gasteiger partial charge is 0.266 e. The maximum atomic E-state index is 12.6. The van der Waals surface area contributed by atoms with Gasteiger partial charge in [-0.2, -0.15) is 5.26 Å². The van der Waals surface area contributed by atoms with E-state index < -0.39 is 5.91 Å². The van der Waals surface area contributed by atoms with Gasteiger partial charge in [0.25, 0.3) is 5.91 Å². The van der Waals surface area contributed by atoms with Crippen molar-refractivity contribution in [2.45, 2.75) is 20.5 Å². The number of carbonyl (C=O) groups is 1. The van der Waals surface area contributed by atoms with E-state index in [0.717, 1.165) is 16.7 Å². The number of nitrogens with zero attached hydrogens (tertiary/aromatic N) is 1. The van der Waals surface area contributed by atoms with Crippen molar-refractivity contribution in [1.82, 2.24) is 0 Å². The topological polar surface area (TPSA) is 62.1 Å². The number of benzene rings is 3. The molecule has 0 heterocycles. The van der Waals surface area contributed by atoms with Gasteiger partial charge in [-0.15, -0.1) is 0 Å². The summed E-state index contributed by atoms with van der Waals surface area (Å²) in [5.74, 6) is 0.167. The van der Waals surface area contributed by atoms with Crippen LogP contribution in [0.4, 0.5) is 5.69 Å². The van der Waals surface area contributed by atoms with Gasteiger partial charge in [-0.3, -0.25) is 4.79 Å². The fraction of sp³-hybridized carbons (Fsp3) is 0.120. The van der Waals surface area contributed by atoms with E-state index in [1.165, 1.54) is 0 Å².